The average molecular weight is 319 g/mol. The van der Waals surface area contributed by atoms with Crippen molar-refractivity contribution in [3.05, 3.63) is 30.0 Å². The molecule has 1 saturated heterocycles. The maximum absolute atomic E-state index is 14.1. The highest BCUT2D eigenvalue weighted by atomic mass is 19.1. The molecule has 23 heavy (non-hydrogen) atoms. The van der Waals surface area contributed by atoms with Crippen LogP contribution in [0.4, 0.5) is 4.39 Å². The molecule has 1 N–H and O–H groups in total. The Morgan fingerprint density at radius 2 is 2.30 bits per heavy atom. The molecular formula is C17H22FN3O2. The molecule has 2 atom stereocenters. The Kier molecular flexibility index (Phi) is 4.91. The number of carbonyl (C=O) groups is 1. The van der Waals surface area contributed by atoms with E-state index in [1.54, 1.807) is 6.92 Å². The van der Waals surface area contributed by atoms with Gasteiger partial charge in [-0.3, -0.25) is 9.48 Å². The summed E-state index contributed by atoms with van der Waals surface area (Å²) in [7, 11) is 0. The largest absolute Gasteiger partial charge is 0.466 e. The molecule has 0 saturated carbocycles. The fraction of sp³-hybridized carbons (Fsp3) is 0.529. The van der Waals surface area contributed by atoms with Crippen molar-refractivity contribution < 1.29 is 13.9 Å². The SMILES string of the molecule is CCOC(=O)Cc1nn(CC2CCNCC2F)c2ccccc12. The second kappa shape index (κ2) is 7.08. The number of benzene rings is 1. The number of aromatic nitrogens is 2. The molecule has 1 aliphatic heterocycles. The monoisotopic (exact) mass is 319 g/mol. The predicted octanol–water partition coefficient (Wildman–Crippen LogP) is 2.09. The van der Waals surface area contributed by atoms with Gasteiger partial charge >= 0.3 is 5.97 Å². The Hall–Kier alpha value is -1.95. The van der Waals surface area contributed by atoms with Gasteiger partial charge in [0.2, 0.25) is 0 Å². The summed E-state index contributed by atoms with van der Waals surface area (Å²) in [6, 6.07) is 7.77. The van der Waals surface area contributed by atoms with E-state index < -0.39 is 6.17 Å². The number of rotatable bonds is 5. The summed E-state index contributed by atoms with van der Waals surface area (Å²) in [6.07, 6.45) is 0.0788. The number of alkyl halides is 1. The Morgan fingerprint density at radius 3 is 3.09 bits per heavy atom. The third-order valence-corrected chi connectivity index (χ3v) is 4.30. The summed E-state index contributed by atoms with van der Waals surface area (Å²) in [5.41, 5.74) is 1.64. The molecular weight excluding hydrogens is 297 g/mol. The summed E-state index contributed by atoms with van der Waals surface area (Å²) >= 11 is 0. The van der Waals surface area contributed by atoms with Crippen LogP contribution in [0.15, 0.2) is 24.3 Å². The van der Waals surface area contributed by atoms with Crippen LogP contribution in [0.5, 0.6) is 0 Å². The first-order valence-corrected chi connectivity index (χ1v) is 8.14. The number of piperidine rings is 1. The molecule has 6 heteroatoms. The maximum atomic E-state index is 14.1. The summed E-state index contributed by atoms with van der Waals surface area (Å²) in [6.45, 7) is 3.91. The molecule has 2 heterocycles. The lowest BCUT2D eigenvalue weighted by molar-refractivity contribution is -0.142. The Bertz CT molecular complexity index is 686. The summed E-state index contributed by atoms with van der Waals surface area (Å²) < 4.78 is 20.9. The van der Waals surface area contributed by atoms with Crippen LogP contribution >= 0.6 is 0 Å². The van der Waals surface area contributed by atoms with Gasteiger partial charge in [0.05, 0.1) is 24.2 Å². The van der Waals surface area contributed by atoms with Gasteiger partial charge < -0.3 is 10.1 Å². The van der Waals surface area contributed by atoms with Gasteiger partial charge in [-0.1, -0.05) is 18.2 Å². The number of fused-ring (bicyclic) bond motifs is 1. The van der Waals surface area contributed by atoms with Crippen LogP contribution < -0.4 is 5.32 Å². The third-order valence-electron chi connectivity index (χ3n) is 4.30. The van der Waals surface area contributed by atoms with Gasteiger partial charge in [-0.15, -0.1) is 0 Å². The van der Waals surface area contributed by atoms with Crippen molar-refractivity contribution >= 4 is 16.9 Å². The lowest BCUT2D eigenvalue weighted by atomic mass is 9.96. The van der Waals surface area contributed by atoms with Gasteiger partial charge in [-0.2, -0.15) is 5.10 Å². The first-order valence-electron chi connectivity index (χ1n) is 8.14. The fourth-order valence-electron chi connectivity index (χ4n) is 3.12. The van der Waals surface area contributed by atoms with Crippen molar-refractivity contribution in [1.82, 2.24) is 15.1 Å². The van der Waals surface area contributed by atoms with Crippen molar-refractivity contribution in [3.63, 3.8) is 0 Å². The quantitative estimate of drug-likeness (QED) is 0.858. The highest BCUT2D eigenvalue weighted by Crippen LogP contribution is 2.23. The van der Waals surface area contributed by atoms with Gasteiger partial charge in [0, 0.05) is 24.4 Å². The van der Waals surface area contributed by atoms with Gasteiger partial charge in [-0.05, 0) is 26.0 Å². The van der Waals surface area contributed by atoms with Crippen LogP contribution in [-0.4, -0.2) is 41.6 Å². The molecule has 1 aromatic heterocycles. The topological polar surface area (TPSA) is 56.1 Å². The fourth-order valence-corrected chi connectivity index (χ4v) is 3.12. The first kappa shape index (κ1) is 15.9. The van der Waals surface area contributed by atoms with Crippen LogP contribution in [0.25, 0.3) is 10.9 Å². The Morgan fingerprint density at radius 1 is 1.48 bits per heavy atom. The first-order chi connectivity index (χ1) is 11.2. The predicted molar refractivity (Wildman–Crippen MR) is 85.9 cm³/mol. The van der Waals surface area contributed by atoms with Crippen LogP contribution in [0.2, 0.25) is 0 Å². The minimum absolute atomic E-state index is 0.0463. The number of esters is 1. The number of halogens is 1. The van der Waals surface area contributed by atoms with Crippen LogP contribution in [0, 0.1) is 5.92 Å². The van der Waals surface area contributed by atoms with E-state index >= 15 is 0 Å². The molecule has 2 unspecified atom stereocenters. The highest BCUT2D eigenvalue weighted by molar-refractivity contribution is 5.86. The zero-order chi connectivity index (χ0) is 16.2. The Balaban J connectivity index is 1.86. The lowest BCUT2D eigenvalue weighted by Crippen LogP contribution is -2.39. The van der Waals surface area contributed by atoms with E-state index in [9.17, 15) is 9.18 Å². The average Bonchev–Trinajstić information content (AvgIpc) is 2.88. The van der Waals surface area contributed by atoms with E-state index in [0.717, 1.165) is 23.9 Å². The summed E-state index contributed by atoms with van der Waals surface area (Å²) in [5.74, 6) is -0.330. The van der Waals surface area contributed by atoms with Crippen LogP contribution in [0.1, 0.15) is 19.0 Å². The highest BCUT2D eigenvalue weighted by Gasteiger charge is 2.26. The minimum atomic E-state index is -0.861. The second-order valence-electron chi connectivity index (χ2n) is 5.90. The van der Waals surface area contributed by atoms with Gasteiger partial charge in [-0.25, -0.2) is 4.39 Å². The number of nitrogens with zero attached hydrogens (tertiary/aromatic N) is 2. The number of para-hydroxylation sites is 1. The van der Waals surface area contributed by atoms with Crippen molar-refractivity contribution in [3.8, 4) is 0 Å². The van der Waals surface area contributed by atoms with E-state index in [1.165, 1.54) is 0 Å². The van der Waals surface area contributed by atoms with E-state index in [1.807, 2.05) is 28.9 Å². The zero-order valence-corrected chi connectivity index (χ0v) is 13.3. The smallest absolute Gasteiger partial charge is 0.311 e. The van der Waals surface area contributed by atoms with Gasteiger partial charge in [0.25, 0.3) is 0 Å². The van der Waals surface area contributed by atoms with Crippen molar-refractivity contribution in [2.24, 2.45) is 5.92 Å². The van der Waals surface area contributed by atoms with Crippen LogP contribution in [-0.2, 0) is 22.5 Å². The minimum Gasteiger partial charge on any atom is -0.466 e. The van der Waals surface area contributed by atoms with Crippen molar-refractivity contribution in [2.75, 3.05) is 19.7 Å². The molecule has 0 aliphatic carbocycles. The molecule has 124 valence electrons. The van der Waals surface area contributed by atoms with Crippen molar-refractivity contribution in [2.45, 2.75) is 32.5 Å². The third kappa shape index (κ3) is 3.52. The number of hydrogen-bond acceptors (Lipinski definition) is 4. The van der Waals surface area contributed by atoms with E-state index in [4.69, 9.17) is 4.74 Å². The number of nitrogens with one attached hydrogen (secondary N) is 1. The summed E-state index contributed by atoms with van der Waals surface area (Å²) in [4.78, 5) is 11.8. The molecule has 0 spiro atoms. The molecule has 2 aromatic rings. The Labute approximate surface area is 134 Å². The maximum Gasteiger partial charge on any atom is 0.311 e. The second-order valence-corrected chi connectivity index (χ2v) is 5.90. The van der Waals surface area contributed by atoms with Gasteiger partial charge in [0.15, 0.2) is 0 Å². The zero-order valence-electron chi connectivity index (χ0n) is 13.3. The molecule has 1 fully saturated rings. The molecule has 3 rings (SSSR count). The molecule has 0 amide bonds. The normalized spacial score (nSPS) is 21.5. The molecule has 0 bridgehead atoms. The van der Waals surface area contributed by atoms with E-state index in [-0.39, 0.29) is 18.3 Å². The molecule has 1 aromatic carbocycles. The van der Waals surface area contributed by atoms with Crippen LogP contribution in [0.3, 0.4) is 0 Å². The standard InChI is InChI=1S/C17H22FN3O2/c1-2-23-17(22)9-15-13-5-3-4-6-16(13)21(20-15)11-12-7-8-19-10-14(12)18/h3-6,12,14,19H,2,7-11H2,1H3. The van der Waals surface area contributed by atoms with E-state index in [2.05, 4.69) is 10.4 Å². The van der Waals surface area contributed by atoms with E-state index in [0.29, 0.717) is 25.4 Å². The number of hydrogen-bond donors (Lipinski definition) is 1. The number of carbonyl (C=O) groups excluding carboxylic acids is 1. The number of ether oxygens (including phenoxy) is 1. The molecule has 0 radical (unpaired) electrons. The van der Waals surface area contributed by atoms with Gasteiger partial charge in [0.1, 0.15) is 6.17 Å². The van der Waals surface area contributed by atoms with Crippen molar-refractivity contribution in [1.29, 1.82) is 0 Å². The summed E-state index contributed by atoms with van der Waals surface area (Å²) in [5, 5.41) is 8.57. The molecule has 1 aliphatic rings. The molecule has 5 nitrogen and oxygen atoms in total. The lowest BCUT2D eigenvalue weighted by Gasteiger charge is -2.26.